The van der Waals surface area contributed by atoms with E-state index in [0.717, 1.165) is 44.3 Å². The molecule has 0 saturated carbocycles. The zero-order valence-corrected chi connectivity index (χ0v) is 11.7. The first-order valence-corrected chi connectivity index (χ1v) is 8.82. The van der Waals surface area contributed by atoms with E-state index >= 15 is 0 Å². The molecule has 0 radical (unpaired) electrons. The van der Waals surface area contributed by atoms with Gasteiger partial charge < -0.3 is 5.32 Å². The van der Waals surface area contributed by atoms with Crippen molar-refractivity contribution in [2.45, 2.75) is 38.1 Å². The van der Waals surface area contributed by atoms with E-state index in [2.05, 4.69) is 15.0 Å². The number of rotatable bonds is 4. The molecule has 1 saturated heterocycles. The van der Waals surface area contributed by atoms with Crippen LogP contribution in [0.15, 0.2) is 0 Å². The molecule has 1 unspecified atom stereocenters. The highest BCUT2D eigenvalue weighted by atomic mass is 32.2. The van der Waals surface area contributed by atoms with Gasteiger partial charge in [0.1, 0.15) is 0 Å². The van der Waals surface area contributed by atoms with E-state index in [1.807, 2.05) is 0 Å². The molecule has 3 rings (SSSR count). The van der Waals surface area contributed by atoms with E-state index in [4.69, 9.17) is 0 Å². The minimum Gasteiger partial charge on any atom is -0.313 e. The van der Waals surface area contributed by atoms with Crippen molar-refractivity contribution >= 4 is 26.5 Å². The Labute approximate surface area is 111 Å². The number of hydrogen-bond donors (Lipinski definition) is 2. The van der Waals surface area contributed by atoms with Crippen molar-refractivity contribution < 1.29 is 8.42 Å². The number of aromatic nitrogens is 1. The average molecular weight is 287 g/mol. The summed E-state index contributed by atoms with van der Waals surface area (Å²) in [5, 5.41) is 3.74. The summed E-state index contributed by atoms with van der Waals surface area (Å²) in [6.45, 7) is 0.922. The summed E-state index contributed by atoms with van der Waals surface area (Å²) in [5.41, 5.74) is 1.08. The summed E-state index contributed by atoms with van der Waals surface area (Å²) in [7, 11) is -3.27. The summed E-state index contributed by atoms with van der Waals surface area (Å²) in [5.74, 6) is 0.150. The van der Waals surface area contributed by atoms with Gasteiger partial charge in [0.25, 0.3) is 0 Å². The van der Waals surface area contributed by atoms with Gasteiger partial charge in [0.05, 0.1) is 11.4 Å². The zero-order chi connectivity index (χ0) is 12.6. The van der Waals surface area contributed by atoms with Crippen LogP contribution in [-0.2, 0) is 22.9 Å². The van der Waals surface area contributed by atoms with Crippen LogP contribution in [0, 0.1) is 0 Å². The number of anilines is 1. The molecule has 1 aromatic heterocycles. The smallest absolute Gasteiger partial charge is 0.236 e. The van der Waals surface area contributed by atoms with Gasteiger partial charge in [-0.15, -0.1) is 11.3 Å². The molecule has 0 spiro atoms. The fourth-order valence-electron chi connectivity index (χ4n) is 2.57. The van der Waals surface area contributed by atoms with Crippen molar-refractivity contribution in [3.05, 3.63) is 10.6 Å². The molecule has 2 N–H and O–H groups in total. The molecule has 5 nitrogen and oxygen atoms in total. The Balaban J connectivity index is 1.66. The van der Waals surface area contributed by atoms with Gasteiger partial charge in [0.15, 0.2) is 5.13 Å². The molecule has 100 valence electrons. The lowest BCUT2D eigenvalue weighted by Crippen LogP contribution is -2.32. The first-order valence-electron chi connectivity index (χ1n) is 6.35. The van der Waals surface area contributed by atoms with Crippen LogP contribution in [0.4, 0.5) is 5.13 Å². The maximum absolute atomic E-state index is 12.0. The summed E-state index contributed by atoms with van der Waals surface area (Å²) in [6.07, 6.45) is 5.17. The number of nitrogens with one attached hydrogen (secondary N) is 2. The fourth-order valence-corrected chi connectivity index (χ4v) is 5.23. The summed E-state index contributed by atoms with van der Waals surface area (Å²) >= 11 is 1.48. The van der Waals surface area contributed by atoms with Crippen LogP contribution in [-0.4, -0.2) is 31.7 Å². The molecule has 1 aliphatic heterocycles. The molecule has 7 heteroatoms. The lowest BCUT2D eigenvalue weighted by Gasteiger charge is -2.10. The fraction of sp³-hybridized carbons (Fsp3) is 0.727. The zero-order valence-electron chi connectivity index (χ0n) is 10.1. The van der Waals surface area contributed by atoms with Crippen LogP contribution < -0.4 is 10.0 Å². The van der Waals surface area contributed by atoms with Crippen molar-refractivity contribution in [2.75, 3.05) is 17.0 Å². The van der Waals surface area contributed by atoms with Gasteiger partial charge in [-0.1, -0.05) is 0 Å². The molecule has 1 atom stereocenters. The molecule has 0 amide bonds. The van der Waals surface area contributed by atoms with Crippen molar-refractivity contribution in [1.29, 1.82) is 0 Å². The molecule has 1 aliphatic carbocycles. The third-order valence-corrected chi connectivity index (χ3v) is 5.97. The lowest BCUT2D eigenvalue weighted by molar-refractivity contribution is 0.581. The molecule has 0 aromatic carbocycles. The Morgan fingerprint density at radius 2 is 2.28 bits per heavy atom. The first-order chi connectivity index (χ1) is 8.62. The second-order valence-electron chi connectivity index (χ2n) is 4.92. The number of sulfonamides is 1. The first kappa shape index (κ1) is 12.4. The molecule has 2 aliphatic rings. The van der Waals surface area contributed by atoms with E-state index in [9.17, 15) is 8.42 Å². The topological polar surface area (TPSA) is 71.1 Å². The molecule has 2 heterocycles. The highest BCUT2D eigenvalue weighted by Gasteiger charge is 2.24. The van der Waals surface area contributed by atoms with E-state index in [1.54, 1.807) is 0 Å². The Kier molecular flexibility index (Phi) is 3.29. The Morgan fingerprint density at radius 3 is 3.00 bits per heavy atom. The Bertz CT molecular complexity index is 511. The molecule has 1 fully saturated rings. The van der Waals surface area contributed by atoms with Gasteiger partial charge in [-0.25, -0.2) is 13.4 Å². The van der Waals surface area contributed by atoms with Crippen molar-refractivity contribution in [2.24, 2.45) is 0 Å². The third-order valence-electron chi connectivity index (χ3n) is 3.42. The monoisotopic (exact) mass is 287 g/mol. The van der Waals surface area contributed by atoms with Crippen LogP contribution in [0.1, 0.15) is 29.8 Å². The second kappa shape index (κ2) is 4.79. The van der Waals surface area contributed by atoms with Crippen LogP contribution in [0.3, 0.4) is 0 Å². The van der Waals surface area contributed by atoms with Gasteiger partial charge in [-0.3, -0.25) is 4.72 Å². The van der Waals surface area contributed by atoms with Gasteiger partial charge in [-0.05, 0) is 38.6 Å². The normalized spacial score (nSPS) is 23.2. The van der Waals surface area contributed by atoms with E-state index in [1.165, 1.54) is 16.2 Å². The van der Waals surface area contributed by atoms with Gasteiger partial charge >= 0.3 is 0 Å². The predicted molar refractivity (Wildman–Crippen MR) is 72.6 cm³/mol. The number of aryl methyl sites for hydroxylation is 2. The molecule has 1 aromatic rings. The largest absolute Gasteiger partial charge is 0.313 e. The summed E-state index contributed by atoms with van der Waals surface area (Å²) in [4.78, 5) is 5.60. The van der Waals surface area contributed by atoms with Gasteiger partial charge in [-0.2, -0.15) is 0 Å². The Hall–Kier alpha value is -0.660. The predicted octanol–water partition coefficient (Wildman–Crippen LogP) is 1.13. The van der Waals surface area contributed by atoms with Gasteiger partial charge in [0, 0.05) is 10.9 Å². The van der Waals surface area contributed by atoms with Crippen molar-refractivity contribution in [3.8, 4) is 0 Å². The number of hydrogen-bond acceptors (Lipinski definition) is 5. The Morgan fingerprint density at radius 1 is 1.39 bits per heavy atom. The number of fused-ring (bicyclic) bond motifs is 1. The quantitative estimate of drug-likeness (QED) is 0.871. The van der Waals surface area contributed by atoms with Crippen LogP contribution in [0.5, 0.6) is 0 Å². The van der Waals surface area contributed by atoms with Crippen LogP contribution in [0.2, 0.25) is 0 Å². The molecule has 18 heavy (non-hydrogen) atoms. The van der Waals surface area contributed by atoms with Crippen molar-refractivity contribution in [1.82, 2.24) is 10.3 Å². The van der Waals surface area contributed by atoms with Crippen LogP contribution in [0.25, 0.3) is 0 Å². The number of nitrogens with zero attached hydrogens (tertiary/aromatic N) is 1. The SMILES string of the molecule is O=S(=O)(CC1CCCN1)Nc1nc2c(s1)CCC2. The van der Waals surface area contributed by atoms with E-state index in [-0.39, 0.29) is 11.8 Å². The second-order valence-corrected chi connectivity index (χ2v) is 7.77. The maximum atomic E-state index is 12.0. The summed E-state index contributed by atoms with van der Waals surface area (Å²) in [6, 6.07) is 0.0920. The maximum Gasteiger partial charge on any atom is 0.236 e. The standard InChI is InChI=1S/C11H17N3O2S2/c15-18(16,7-8-3-2-6-12-8)14-11-13-9-4-1-5-10(9)17-11/h8,12H,1-7H2,(H,13,14). The lowest BCUT2D eigenvalue weighted by atomic mass is 10.3. The highest BCUT2D eigenvalue weighted by Crippen LogP contribution is 2.30. The van der Waals surface area contributed by atoms with E-state index in [0.29, 0.717) is 5.13 Å². The third kappa shape index (κ3) is 2.67. The van der Waals surface area contributed by atoms with Crippen LogP contribution >= 0.6 is 11.3 Å². The minimum absolute atomic E-state index is 0.0920. The molecular formula is C11H17N3O2S2. The number of thiazole rings is 1. The van der Waals surface area contributed by atoms with Gasteiger partial charge in [0.2, 0.25) is 10.0 Å². The minimum atomic E-state index is -3.27. The summed E-state index contributed by atoms with van der Waals surface area (Å²) < 4.78 is 26.6. The van der Waals surface area contributed by atoms with Crippen molar-refractivity contribution in [3.63, 3.8) is 0 Å². The molecule has 0 bridgehead atoms. The van der Waals surface area contributed by atoms with E-state index < -0.39 is 10.0 Å². The average Bonchev–Trinajstić information content (AvgIpc) is 2.92. The molecular weight excluding hydrogens is 270 g/mol. The highest BCUT2D eigenvalue weighted by molar-refractivity contribution is 7.92.